The Kier molecular flexibility index (Phi) is 6.55. The molecule has 4 rings (SSSR count). The molecule has 1 aromatic heterocycles. The molecule has 7 nitrogen and oxygen atoms in total. The van der Waals surface area contributed by atoms with Crippen LogP contribution in [0.1, 0.15) is 11.1 Å². The Morgan fingerprint density at radius 3 is 2.88 bits per heavy atom. The number of carbonyl (C=O) groups is 1. The Morgan fingerprint density at radius 1 is 1.18 bits per heavy atom. The zero-order valence-electron chi connectivity index (χ0n) is 17.7. The van der Waals surface area contributed by atoms with E-state index >= 15 is 0 Å². The fourth-order valence-electron chi connectivity index (χ4n) is 3.28. The molecule has 0 fully saturated rings. The van der Waals surface area contributed by atoms with Crippen LogP contribution in [0, 0.1) is 23.5 Å². The fraction of sp³-hybridized carbons (Fsp3) is 0.167. The van der Waals surface area contributed by atoms with Crippen LogP contribution in [0.3, 0.4) is 0 Å². The highest BCUT2D eigenvalue weighted by Gasteiger charge is 2.16. The van der Waals surface area contributed by atoms with Gasteiger partial charge in [0.15, 0.2) is 11.6 Å². The molecule has 166 valence electrons. The molecule has 3 aromatic rings. The van der Waals surface area contributed by atoms with Gasteiger partial charge in [-0.25, -0.2) is 23.7 Å². The van der Waals surface area contributed by atoms with E-state index < -0.39 is 11.6 Å². The number of carbonyl (C=O) groups excluding carboxylic acids is 1. The lowest BCUT2D eigenvalue weighted by atomic mass is 10.1. The number of nitrogens with one attached hydrogen (secondary N) is 1. The second-order valence-electron chi connectivity index (χ2n) is 7.17. The molecule has 0 spiro atoms. The highest BCUT2D eigenvalue weighted by atomic mass is 19.2. The summed E-state index contributed by atoms with van der Waals surface area (Å²) in [5.41, 5.74) is 2.50. The van der Waals surface area contributed by atoms with E-state index in [9.17, 15) is 13.6 Å². The van der Waals surface area contributed by atoms with Crippen molar-refractivity contribution in [1.82, 2.24) is 20.2 Å². The molecule has 0 saturated heterocycles. The van der Waals surface area contributed by atoms with Crippen LogP contribution in [0.25, 0.3) is 10.9 Å². The van der Waals surface area contributed by atoms with Crippen LogP contribution >= 0.6 is 0 Å². The lowest BCUT2D eigenvalue weighted by Gasteiger charge is -2.23. The molecule has 0 radical (unpaired) electrons. The van der Waals surface area contributed by atoms with Gasteiger partial charge in [0.1, 0.15) is 6.33 Å². The first-order valence-corrected chi connectivity index (χ1v) is 9.99. The molecule has 1 aliphatic heterocycles. The monoisotopic (exact) mass is 447 g/mol. The van der Waals surface area contributed by atoms with E-state index in [1.54, 1.807) is 18.3 Å². The third-order valence-corrected chi connectivity index (χ3v) is 4.86. The second-order valence-corrected chi connectivity index (χ2v) is 7.17. The Balaban J connectivity index is 1.33. The molecule has 0 saturated carbocycles. The quantitative estimate of drug-likeness (QED) is 0.609. The maximum atomic E-state index is 13.4. The van der Waals surface area contributed by atoms with Gasteiger partial charge in [0.05, 0.1) is 43.0 Å². The van der Waals surface area contributed by atoms with Gasteiger partial charge in [-0.1, -0.05) is 17.9 Å². The number of aliphatic imine (C=N–C) groups is 1. The number of amides is 1. The maximum Gasteiger partial charge on any atom is 0.251 e. The lowest BCUT2D eigenvalue weighted by Crippen LogP contribution is -2.34. The summed E-state index contributed by atoms with van der Waals surface area (Å²) in [6.07, 6.45) is 4.46. The Hall–Kier alpha value is -4.32. The molecule has 0 bridgehead atoms. The number of halogens is 2. The van der Waals surface area contributed by atoms with Crippen molar-refractivity contribution in [3.63, 3.8) is 0 Å². The number of rotatable bonds is 5. The number of nitrogens with zero attached hydrogens (tertiary/aromatic N) is 4. The van der Waals surface area contributed by atoms with Gasteiger partial charge < -0.3 is 15.0 Å². The normalized spacial score (nSPS) is 12.7. The minimum Gasteiger partial charge on any atom is -0.480 e. The second kappa shape index (κ2) is 9.87. The topological polar surface area (TPSA) is 79.7 Å². The number of aromatic nitrogens is 2. The highest BCUT2D eigenvalue weighted by molar-refractivity contribution is 5.95. The van der Waals surface area contributed by atoms with E-state index in [4.69, 9.17) is 4.74 Å². The van der Waals surface area contributed by atoms with E-state index in [0.717, 1.165) is 28.6 Å². The molecule has 0 unspecified atom stereocenters. The molecular weight excluding hydrogens is 428 g/mol. The van der Waals surface area contributed by atoms with Crippen molar-refractivity contribution in [2.45, 2.75) is 6.54 Å². The maximum absolute atomic E-state index is 13.4. The predicted molar refractivity (Wildman–Crippen MR) is 119 cm³/mol. The van der Waals surface area contributed by atoms with Crippen LogP contribution in [0.2, 0.25) is 0 Å². The van der Waals surface area contributed by atoms with E-state index in [1.807, 2.05) is 18.2 Å². The van der Waals surface area contributed by atoms with Crippen molar-refractivity contribution in [3.8, 4) is 17.7 Å². The number of hydrogen-bond donors (Lipinski definition) is 1. The number of ether oxygens (including phenoxy) is 1. The molecule has 33 heavy (non-hydrogen) atoms. The smallest absolute Gasteiger partial charge is 0.251 e. The first-order chi connectivity index (χ1) is 16.0. The third-order valence-electron chi connectivity index (χ3n) is 4.86. The summed E-state index contributed by atoms with van der Waals surface area (Å²) in [4.78, 5) is 26.5. The average Bonchev–Trinajstić information content (AvgIpc) is 2.83. The number of fused-ring (bicyclic) bond motifs is 1. The van der Waals surface area contributed by atoms with Gasteiger partial charge in [0.2, 0.25) is 5.88 Å². The molecule has 9 heteroatoms. The molecular formula is C24H19F2N5O2. The van der Waals surface area contributed by atoms with E-state index in [2.05, 4.69) is 32.1 Å². The Morgan fingerprint density at radius 2 is 2.06 bits per heavy atom. The van der Waals surface area contributed by atoms with Crippen molar-refractivity contribution in [1.29, 1.82) is 0 Å². The zero-order chi connectivity index (χ0) is 23.2. The van der Waals surface area contributed by atoms with Gasteiger partial charge in [-0.05, 0) is 35.9 Å². The van der Waals surface area contributed by atoms with Crippen molar-refractivity contribution >= 4 is 23.1 Å². The Labute approximate surface area is 188 Å². The van der Waals surface area contributed by atoms with Crippen molar-refractivity contribution in [2.75, 3.05) is 20.2 Å². The van der Waals surface area contributed by atoms with Crippen LogP contribution in [0.15, 0.2) is 59.5 Å². The number of methoxy groups -OCH3 is 1. The lowest BCUT2D eigenvalue weighted by molar-refractivity contribution is -0.117. The van der Waals surface area contributed by atoms with Crippen LogP contribution < -0.4 is 10.1 Å². The van der Waals surface area contributed by atoms with Gasteiger partial charge in [-0.2, -0.15) is 0 Å². The summed E-state index contributed by atoms with van der Waals surface area (Å²) in [7, 11) is 1.54. The zero-order valence-corrected chi connectivity index (χ0v) is 17.7. The number of benzene rings is 2. The predicted octanol–water partition coefficient (Wildman–Crippen LogP) is 2.81. The number of hydrogen-bond acceptors (Lipinski definition) is 6. The summed E-state index contributed by atoms with van der Waals surface area (Å²) in [5, 5.41) is 3.50. The standard InChI is InChI=1S/C24H19F2N5O2/c1-33-24-19-9-16(5-7-22(19)29-14-30-24)3-2-8-28-23(32)18-11-27-15-31(13-18)12-17-4-6-20(25)21(26)10-17/h4-7,9-11,14-15H,8,12-13H2,1H3,(H,28,32). The molecule has 2 heterocycles. The SMILES string of the molecule is COc1ncnc2ccc(C#CCNC(=O)C3=CN=CN(Cc4ccc(F)c(F)c4)C3)cc12. The summed E-state index contributed by atoms with van der Waals surface area (Å²) < 4.78 is 31.8. The van der Waals surface area contributed by atoms with Gasteiger partial charge in [0, 0.05) is 18.3 Å². The molecule has 1 N–H and O–H groups in total. The highest BCUT2D eigenvalue weighted by Crippen LogP contribution is 2.21. The van der Waals surface area contributed by atoms with Crippen LogP contribution in [-0.2, 0) is 11.3 Å². The molecule has 0 aliphatic carbocycles. The summed E-state index contributed by atoms with van der Waals surface area (Å²) in [6, 6.07) is 9.19. The third kappa shape index (κ3) is 5.30. The van der Waals surface area contributed by atoms with Crippen LogP contribution in [0.4, 0.5) is 8.78 Å². The largest absolute Gasteiger partial charge is 0.480 e. The minimum atomic E-state index is -0.911. The average molecular weight is 447 g/mol. The summed E-state index contributed by atoms with van der Waals surface area (Å²) >= 11 is 0. The van der Waals surface area contributed by atoms with Crippen LogP contribution in [-0.4, -0.2) is 47.3 Å². The van der Waals surface area contributed by atoms with Crippen molar-refractivity contribution in [2.24, 2.45) is 4.99 Å². The van der Waals surface area contributed by atoms with Gasteiger partial charge >= 0.3 is 0 Å². The minimum absolute atomic E-state index is 0.142. The summed E-state index contributed by atoms with van der Waals surface area (Å²) in [5.74, 6) is 4.27. The Bertz CT molecular complexity index is 1330. The van der Waals surface area contributed by atoms with Gasteiger partial charge in [0.25, 0.3) is 5.91 Å². The molecule has 2 aromatic carbocycles. The van der Waals surface area contributed by atoms with E-state index in [1.165, 1.54) is 18.6 Å². The first kappa shape index (κ1) is 21.9. The molecule has 0 atom stereocenters. The van der Waals surface area contributed by atoms with Gasteiger partial charge in [-0.15, -0.1) is 0 Å². The first-order valence-electron chi connectivity index (χ1n) is 9.99. The van der Waals surface area contributed by atoms with Gasteiger partial charge in [-0.3, -0.25) is 4.79 Å². The summed E-state index contributed by atoms with van der Waals surface area (Å²) in [6.45, 7) is 0.718. The van der Waals surface area contributed by atoms with Crippen LogP contribution in [0.5, 0.6) is 5.88 Å². The van der Waals surface area contributed by atoms with Crippen molar-refractivity contribution < 1.29 is 18.3 Å². The van der Waals surface area contributed by atoms with E-state index in [-0.39, 0.29) is 19.0 Å². The van der Waals surface area contributed by atoms with Crippen molar-refractivity contribution in [3.05, 3.63) is 77.3 Å². The molecule has 1 amide bonds. The molecule has 1 aliphatic rings. The van der Waals surface area contributed by atoms with E-state index in [0.29, 0.717) is 23.6 Å². The fourth-order valence-corrected chi connectivity index (χ4v) is 3.28.